The Morgan fingerprint density at radius 1 is 1.37 bits per heavy atom. The van der Waals surface area contributed by atoms with Gasteiger partial charge in [-0.3, -0.25) is 5.10 Å². The molecule has 0 atom stereocenters. The summed E-state index contributed by atoms with van der Waals surface area (Å²) in [5.41, 5.74) is 1.50. The van der Waals surface area contributed by atoms with Crippen LogP contribution >= 0.6 is 0 Å². The number of fused-ring (bicyclic) bond motifs is 1. The standard InChI is InChI=1S/C12H15N7/c1-3-4-14-12-16-9(11-13-5-6-19(11)2)8-7-15-18-10(8)17-12/h5-7H,3-4H2,1-2H3,(H2,14,15,16,17,18). The first-order valence-corrected chi connectivity index (χ1v) is 6.22. The van der Waals surface area contributed by atoms with Gasteiger partial charge in [0.25, 0.3) is 0 Å². The third-order valence-corrected chi connectivity index (χ3v) is 2.88. The number of anilines is 1. The normalized spacial score (nSPS) is 11.1. The van der Waals surface area contributed by atoms with E-state index in [4.69, 9.17) is 0 Å². The summed E-state index contributed by atoms with van der Waals surface area (Å²) in [5.74, 6) is 1.39. The van der Waals surface area contributed by atoms with Crippen LogP contribution in [0.4, 0.5) is 5.95 Å². The van der Waals surface area contributed by atoms with Gasteiger partial charge in [-0.2, -0.15) is 10.1 Å². The Bertz CT molecular complexity index is 697. The first-order chi connectivity index (χ1) is 9.29. The van der Waals surface area contributed by atoms with Gasteiger partial charge < -0.3 is 9.88 Å². The smallest absolute Gasteiger partial charge is 0.225 e. The summed E-state index contributed by atoms with van der Waals surface area (Å²) in [6.45, 7) is 2.93. The summed E-state index contributed by atoms with van der Waals surface area (Å²) in [5, 5.41) is 11.0. The highest BCUT2D eigenvalue weighted by Crippen LogP contribution is 2.24. The van der Waals surface area contributed by atoms with Crippen LogP contribution in [0.2, 0.25) is 0 Å². The first kappa shape index (κ1) is 11.6. The van der Waals surface area contributed by atoms with E-state index in [9.17, 15) is 0 Å². The molecule has 0 saturated heterocycles. The van der Waals surface area contributed by atoms with Crippen LogP contribution < -0.4 is 5.32 Å². The lowest BCUT2D eigenvalue weighted by Crippen LogP contribution is -2.06. The van der Waals surface area contributed by atoms with Crippen molar-refractivity contribution < 1.29 is 0 Å². The average Bonchev–Trinajstić information content (AvgIpc) is 3.03. The maximum Gasteiger partial charge on any atom is 0.225 e. The van der Waals surface area contributed by atoms with E-state index >= 15 is 0 Å². The van der Waals surface area contributed by atoms with Gasteiger partial charge in [0, 0.05) is 26.0 Å². The Hall–Kier alpha value is -2.44. The Kier molecular flexibility index (Phi) is 2.86. The van der Waals surface area contributed by atoms with Crippen molar-refractivity contribution in [2.45, 2.75) is 13.3 Å². The molecule has 0 amide bonds. The van der Waals surface area contributed by atoms with E-state index in [2.05, 4.69) is 37.4 Å². The van der Waals surface area contributed by atoms with Crippen LogP contribution in [0.3, 0.4) is 0 Å². The third kappa shape index (κ3) is 2.03. The van der Waals surface area contributed by atoms with Gasteiger partial charge in [0.05, 0.1) is 11.6 Å². The van der Waals surface area contributed by atoms with Gasteiger partial charge in [0.1, 0.15) is 5.69 Å². The van der Waals surface area contributed by atoms with E-state index < -0.39 is 0 Å². The number of hydrogen-bond donors (Lipinski definition) is 2. The number of nitrogens with one attached hydrogen (secondary N) is 2. The second-order valence-corrected chi connectivity index (χ2v) is 4.32. The zero-order valence-corrected chi connectivity index (χ0v) is 10.9. The lowest BCUT2D eigenvalue weighted by atomic mass is 10.3. The molecule has 19 heavy (non-hydrogen) atoms. The van der Waals surface area contributed by atoms with Gasteiger partial charge in [0.15, 0.2) is 11.5 Å². The van der Waals surface area contributed by atoms with E-state index in [-0.39, 0.29) is 0 Å². The molecule has 0 unspecified atom stereocenters. The van der Waals surface area contributed by atoms with E-state index in [1.165, 1.54) is 0 Å². The minimum absolute atomic E-state index is 0.594. The number of rotatable bonds is 4. The van der Waals surface area contributed by atoms with Gasteiger partial charge in [-0.25, -0.2) is 9.97 Å². The second-order valence-electron chi connectivity index (χ2n) is 4.32. The van der Waals surface area contributed by atoms with Gasteiger partial charge in [0.2, 0.25) is 5.95 Å². The summed E-state index contributed by atoms with van der Waals surface area (Å²) < 4.78 is 1.93. The molecule has 2 N–H and O–H groups in total. The summed E-state index contributed by atoms with van der Waals surface area (Å²) >= 11 is 0. The molecule has 98 valence electrons. The lowest BCUT2D eigenvalue weighted by Gasteiger charge is -2.06. The molecule has 7 heteroatoms. The molecule has 3 aromatic rings. The molecule has 0 aliphatic heterocycles. The van der Waals surface area contributed by atoms with Crippen molar-refractivity contribution in [1.82, 2.24) is 29.7 Å². The molecule has 0 spiro atoms. The van der Waals surface area contributed by atoms with Crippen LogP contribution in [0.1, 0.15) is 13.3 Å². The molecule has 0 aliphatic rings. The van der Waals surface area contributed by atoms with Crippen LogP contribution in [0.15, 0.2) is 18.6 Å². The highest BCUT2D eigenvalue weighted by molar-refractivity contribution is 5.88. The van der Waals surface area contributed by atoms with Crippen molar-refractivity contribution in [1.29, 1.82) is 0 Å². The molecular formula is C12H15N7. The average molecular weight is 257 g/mol. The first-order valence-electron chi connectivity index (χ1n) is 6.22. The quantitative estimate of drug-likeness (QED) is 0.741. The molecular weight excluding hydrogens is 242 g/mol. The number of aromatic amines is 1. The van der Waals surface area contributed by atoms with Crippen molar-refractivity contribution in [3.8, 4) is 11.5 Å². The van der Waals surface area contributed by atoms with Crippen molar-refractivity contribution in [3.63, 3.8) is 0 Å². The topological polar surface area (TPSA) is 84.3 Å². The Morgan fingerprint density at radius 3 is 3.00 bits per heavy atom. The summed E-state index contributed by atoms with van der Waals surface area (Å²) in [6.07, 6.45) is 6.38. The lowest BCUT2D eigenvalue weighted by molar-refractivity contribution is 0.914. The summed E-state index contributed by atoms with van der Waals surface area (Å²) in [7, 11) is 1.94. The number of imidazole rings is 1. The minimum atomic E-state index is 0.594. The molecule has 0 bridgehead atoms. The fraction of sp³-hybridized carbons (Fsp3) is 0.333. The molecule has 3 rings (SSSR count). The van der Waals surface area contributed by atoms with E-state index in [0.29, 0.717) is 11.6 Å². The Balaban J connectivity index is 2.16. The highest BCUT2D eigenvalue weighted by Gasteiger charge is 2.14. The van der Waals surface area contributed by atoms with E-state index in [1.807, 2.05) is 17.8 Å². The molecule has 3 heterocycles. The molecule has 0 fully saturated rings. The number of aryl methyl sites for hydroxylation is 1. The van der Waals surface area contributed by atoms with Crippen LogP contribution in [0, 0.1) is 0 Å². The van der Waals surface area contributed by atoms with Gasteiger partial charge in [-0.1, -0.05) is 6.92 Å². The molecule has 0 aliphatic carbocycles. The second kappa shape index (κ2) is 4.68. The SMILES string of the molecule is CCCNc1nc(-c2nccn2C)c2cn[nH]c2n1. The van der Waals surface area contributed by atoms with Gasteiger partial charge in [-0.15, -0.1) is 0 Å². The number of hydrogen-bond acceptors (Lipinski definition) is 5. The highest BCUT2D eigenvalue weighted by atomic mass is 15.2. The fourth-order valence-corrected chi connectivity index (χ4v) is 1.91. The molecule has 3 aromatic heterocycles. The van der Waals surface area contributed by atoms with E-state index in [1.54, 1.807) is 12.4 Å². The predicted octanol–water partition coefficient (Wildman–Crippen LogP) is 1.58. The van der Waals surface area contributed by atoms with Crippen LogP contribution in [0.5, 0.6) is 0 Å². The zero-order valence-electron chi connectivity index (χ0n) is 10.9. The molecule has 0 aromatic carbocycles. The molecule has 0 saturated carbocycles. The maximum absolute atomic E-state index is 4.55. The maximum atomic E-state index is 4.55. The largest absolute Gasteiger partial charge is 0.354 e. The van der Waals surface area contributed by atoms with Crippen LogP contribution in [-0.2, 0) is 7.05 Å². The van der Waals surface area contributed by atoms with Crippen LogP contribution in [-0.4, -0.2) is 36.3 Å². The van der Waals surface area contributed by atoms with Crippen molar-refractivity contribution in [2.75, 3.05) is 11.9 Å². The van der Waals surface area contributed by atoms with Crippen LogP contribution in [0.25, 0.3) is 22.6 Å². The number of H-pyrrole nitrogens is 1. The summed E-state index contributed by atoms with van der Waals surface area (Å²) in [6, 6.07) is 0. The van der Waals surface area contributed by atoms with Gasteiger partial charge >= 0.3 is 0 Å². The Morgan fingerprint density at radius 2 is 2.26 bits per heavy atom. The fourth-order valence-electron chi connectivity index (χ4n) is 1.91. The molecule has 7 nitrogen and oxygen atoms in total. The predicted molar refractivity (Wildman–Crippen MR) is 72.7 cm³/mol. The van der Waals surface area contributed by atoms with Crippen molar-refractivity contribution in [2.24, 2.45) is 7.05 Å². The number of aromatic nitrogens is 6. The summed E-state index contributed by atoms with van der Waals surface area (Å²) in [4.78, 5) is 13.3. The van der Waals surface area contributed by atoms with Crippen molar-refractivity contribution in [3.05, 3.63) is 18.6 Å². The Labute approximate surface area is 110 Å². The molecule has 0 radical (unpaired) electrons. The van der Waals surface area contributed by atoms with Crippen molar-refractivity contribution >= 4 is 17.0 Å². The van der Waals surface area contributed by atoms with E-state index in [0.717, 1.165) is 29.9 Å². The third-order valence-electron chi connectivity index (χ3n) is 2.88. The zero-order chi connectivity index (χ0) is 13.2. The minimum Gasteiger partial charge on any atom is -0.354 e. The monoisotopic (exact) mass is 257 g/mol. The van der Waals surface area contributed by atoms with Gasteiger partial charge in [-0.05, 0) is 6.42 Å². The number of nitrogens with zero attached hydrogens (tertiary/aromatic N) is 5.